The van der Waals surface area contributed by atoms with Gasteiger partial charge in [-0.1, -0.05) is 6.92 Å². The van der Waals surface area contributed by atoms with Gasteiger partial charge in [-0.3, -0.25) is 19.3 Å². The molecule has 0 bridgehead atoms. The maximum atomic E-state index is 12.4. The molecule has 0 saturated carbocycles. The number of carbonyl (C=O) groups excluding carboxylic acids is 3. The molecule has 130 valence electrons. The molecule has 1 heterocycles. The largest absolute Gasteiger partial charge is 0.479 e. The third-order valence-electron chi connectivity index (χ3n) is 3.69. The lowest BCUT2D eigenvalue weighted by molar-refractivity contribution is -0.128. The fourth-order valence-corrected chi connectivity index (χ4v) is 2.54. The number of nitrogens with one attached hydrogen (secondary N) is 1. The molecule has 0 fully saturated rings. The first-order valence-electron chi connectivity index (χ1n) is 7.92. The molecule has 2 unspecified atom stereocenters. The van der Waals surface area contributed by atoms with Gasteiger partial charge in [0, 0.05) is 12.1 Å². The van der Waals surface area contributed by atoms with E-state index in [0.717, 1.165) is 6.42 Å². The second-order valence-electron chi connectivity index (χ2n) is 5.70. The molecule has 24 heavy (non-hydrogen) atoms. The van der Waals surface area contributed by atoms with Crippen LogP contribution in [0.3, 0.4) is 0 Å². The lowest BCUT2D eigenvalue weighted by Crippen LogP contribution is -2.49. The number of alkyl halides is 1. The summed E-state index contributed by atoms with van der Waals surface area (Å²) in [5, 5.41) is 2.06. The van der Waals surface area contributed by atoms with Crippen LogP contribution < -0.4 is 15.0 Å². The molecule has 2 rings (SSSR count). The topological polar surface area (TPSA) is 75.7 Å². The average Bonchev–Trinajstić information content (AvgIpc) is 2.56. The Morgan fingerprint density at radius 1 is 1.42 bits per heavy atom. The summed E-state index contributed by atoms with van der Waals surface area (Å²) in [6.07, 6.45) is 0.118. The van der Waals surface area contributed by atoms with Gasteiger partial charge in [0.2, 0.25) is 5.91 Å². The van der Waals surface area contributed by atoms with E-state index in [0.29, 0.717) is 23.5 Å². The van der Waals surface area contributed by atoms with Crippen LogP contribution in [0, 0.1) is 0 Å². The SMILES string of the molecule is CCCNC(=O)CN1C(=O)C(C)Oc2ccc(C(=O)C(C)Cl)cc21. The van der Waals surface area contributed by atoms with Crippen molar-refractivity contribution < 1.29 is 19.1 Å². The lowest BCUT2D eigenvalue weighted by Gasteiger charge is -2.32. The minimum atomic E-state index is -0.690. The predicted molar refractivity (Wildman–Crippen MR) is 91.8 cm³/mol. The number of hydrogen-bond donors (Lipinski definition) is 1. The van der Waals surface area contributed by atoms with Crippen LogP contribution in [-0.2, 0) is 9.59 Å². The number of carbonyl (C=O) groups is 3. The molecule has 1 aliphatic heterocycles. The summed E-state index contributed by atoms with van der Waals surface area (Å²) < 4.78 is 5.57. The van der Waals surface area contributed by atoms with Crippen LogP contribution in [0.2, 0.25) is 0 Å². The van der Waals surface area contributed by atoms with E-state index in [1.54, 1.807) is 32.0 Å². The average molecular weight is 353 g/mol. The third kappa shape index (κ3) is 3.87. The maximum absolute atomic E-state index is 12.4. The van der Waals surface area contributed by atoms with Crippen LogP contribution >= 0.6 is 11.6 Å². The molecule has 7 heteroatoms. The van der Waals surface area contributed by atoms with Gasteiger partial charge in [-0.05, 0) is 38.5 Å². The first kappa shape index (κ1) is 18.3. The number of amides is 2. The molecule has 0 aliphatic carbocycles. The van der Waals surface area contributed by atoms with Gasteiger partial charge >= 0.3 is 0 Å². The van der Waals surface area contributed by atoms with Gasteiger partial charge in [0.05, 0.1) is 11.1 Å². The number of ether oxygens (including phenoxy) is 1. The van der Waals surface area contributed by atoms with Crippen LogP contribution in [0.4, 0.5) is 5.69 Å². The van der Waals surface area contributed by atoms with E-state index < -0.39 is 11.5 Å². The van der Waals surface area contributed by atoms with Crippen molar-refractivity contribution >= 4 is 34.9 Å². The van der Waals surface area contributed by atoms with Crippen LogP contribution in [0.15, 0.2) is 18.2 Å². The van der Waals surface area contributed by atoms with E-state index in [1.165, 1.54) is 4.90 Å². The highest BCUT2D eigenvalue weighted by atomic mass is 35.5. The predicted octanol–water partition coefficient (Wildman–Crippen LogP) is 2.14. The molecule has 2 atom stereocenters. The number of rotatable bonds is 6. The van der Waals surface area contributed by atoms with Gasteiger partial charge in [-0.15, -0.1) is 11.6 Å². The van der Waals surface area contributed by atoms with E-state index in [4.69, 9.17) is 16.3 Å². The number of benzene rings is 1. The van der Waals surface area contributed by atoms with Gasteiger partial charge in [-0.25, -0.2) is 0 Å². The molecule has 1 aromatic rings. The fourth-order valence-electron chi connectivity index (χ4n) is 2.42. The molecular formula is C17H21ClN2O4. The van der Waals surface area contributed by atoms with Gasteiger partial charge < -0.3 is 10.1 Å². The summed E-state index contributed by atoms with van der Waals surface area (Å²) in [5.74, 6) is -0.365. The Labute approximate surface area is 146 Å². The maximum Gasteiger partial charge on any atom is 0.268 e. The van der Waals surface area contributed by atoms with Crippen LogP contribution in [0.5, 0.6) is 5.75 Å². The second-order valence-corrected chi connectivity index (χ2v) is 6.35. The van der Waals surface area contributed by atoms with E-state index >= 15 is 0 Å². The van der Waals surface area contributed by atoms with Gasteiger partial charge in [0.25, 0.3) is 5.91 Å². The highest BCUT2D eigenvalue weighted by Crippen LogP contribution is 2.35. The van der Waals surface area contributed by atoms with Gasteiger partial charge in [0.15, 0.2) is 11.9 Å². The van der Waals surface area contributed by atoms with Crippen molar-refractivity contribution in [1.29, 1.82) is 0 Å². The molecule has 1 aliphatic rings. The number of hydrogen-bond acceptors (Lipinski definition) is 4. The molecule has 1 N–H and O–H groups in total. The number of nitrogens with zero attached hydrogens (tertiary/aromatic N) is 1. The molecule has 6 nitrogen and oxygen atoms in total. The molecular weight excluding hydrogens is 332 g/mol. The molecule has 2 amide bonds. The van der Waals surface area contributed by atoms with E-state index in [9.17, 15) is 14.4 Å². The van der Waals surface area contributed by atoms with Crippen molar-refractivity contribution in [2.24, 2.45) is 0 Å². The molecule has 0 spiro atoms. The minimum absolute atomic E-state index is 0.117. The fraction of sp³-hybridized carbons (Fsp3) is 0.471. The minimum Gasteiger partial charge on any atom is -0.479 e. The summed E-state index contributed by atoms with van der Waals surface area (Å²) in [5.41, 5.74) is 0.786. The summed E-state index contributed by atoms with van der Waals surface area (Å²) in [4.78, 5) is 37.9. The van der Waals surface area contributed by atoms with E-state index in [-0.39, 0.29) is 24.1 Å². The number of fused-ring (bicyclic) bond motifs is 1. The summed E-state index contributed by atoms with van der Waals surface area (Å²) >= 11 is 5.85. The Hall–Kier alpha value is -2.08. The smallest absolute Gasteiger partial charge is 0.268 e. The first-order chi connectivity index (χ1) is 11.3. The Balaban J connectivity index is 2.34. The highest BCUT2D eigenvalue weighted by molar-refractivity contribution is 6.33. The molecule has 0 radical (unpaired) electrons. The number of halogens is 1. The summed E-state index contributed by atoms with van der Waals surface area (Å²) in [7, 11) is 0. The monoisotopic (exact) mass is 352 g/mol. The zero-order chi connectivity index (χ0) is 17.9. The van der Waals surface area contributed by atoms with Crippen LogP contribution in [0.25, 0.3) is 0 Å². The third-order valence-corrected chi connectivity index (χ3v) is 3.89. The summed E-state index contributed by atoms with van der Waals surface area (Å²) in [6, 6.07) is 4.78. The normalized spacial score (nSPS) is 17.8. The standard InChI is InChI=1S/C17H21ClN2O4/c1-4-7-19-15(21)9-20-13-8-12(16(22)10(2)18)5-6-14(13)24-11(3)17(20)23/h5-6,8,10-11H,4,7,9H2,1-3H3,(H,19,21). The van der Waals surface area contributed by atoms with Crippen molar-refractivity contribution in [3.8, 4) is 5.75 Å². The zero-order valence-corrected chi connectivity index (χ0v) is 14.7. The summed E-state index contributed by atoms with van der Waals surface area (Å²) in [6.45, 7) is 5.59. The number of ketones is 1. The first-order valence-corrected chi connectivity index (χ1v) is 8.35. The Bertz CT molecular complexity index is 660. The Kier molecular flexibility index (Phi) is 5.83. The van der Waals surface area contributed by atoms with Crippen molar-refractivity contribution in [3.63, 3.8) is 0 Å². The van der Waals surface area contributed by atoms with Gasteiger partial charge in [-0.2, -0.15) is 0 Å². The van der Waals surface area contributed by atoms with E-state index in [1.807, 2.05) is 6.92 Å². The van der Waals surface area contributed by atoms with Gasteiger partial charge in [0.1, 0.15) is 12.3 Å². The second kappa shape index (κ2) is 7.66. The van der Waals surface area contributed by atoms with Crippen LogP contribution in [-0.4, -0.2) is 42.2 Å². The van der Waals surface area contributed by atoms with Crippen molar-refractivity contribution in [1.82, 2.24) is 5.32 Å². The zero-order valence-electron chi connectivity index (χ0n) is 14.0. The molecule has 0 aromatic heterocycles. The Morgan fingerprint density at radius 2 is 2.12 bits per heavy atom. The number of Topliss-reactive ketones (excluding diaryl/α,β-unsaturated/α-hetero) is 1. The van der Waals surface area contributed by atoms with E-state index in [2.05, 4.69) is 5.32 Å². The lowest BCUT2D eigenvalue weighted by atomic mass is 10.1. The van der Waals surface area contributed by atoms with Crippen molar-refractivity contribution in [2.45, 2.75) is 38.7 Å². The quantitative estimate of drug-likeness (QED) is 0.628. The Morgan fingerprint density at radius 3 is 2.75 bits per heavy atom. The highest BCUT2D eigenvalue weighted by Gasteiger charge is 2.33. The van der Waals surface area contributed by atoms with Crippen LogP contribution in [0.1, 0.15) is 37.6 Å². The van der Waals surface area contributed by atoms with Crippen molar-refractivity contribution in [3.05, 3.63) is 23.8 Å². The number of anilines is 1. The molecule has 0 saturated heterocycles. The molecule has 1 aromatic carbocycles. The van der Waals surface area contributed by atoms with Crippen molar-refractivity contribution in [2.75, 3.05) is 18.0 Å².